The molecule has 0 saturated heterocycles. The summed E-state index contributed by atoms with van der Waals surface area (Å²) in [5.74, 6) is 0.199. The van der Waals surface area contributed by atoms with Crippen LogP contribution in [0.25, 0.3) is 0 Å². The minimum absolute atomic E-state index is 0.0430. The largest absolute Gasteiger partial charge is 0.486 e. The van der Waals surface area contributed by atoms with E-state index in [1.807, 2.05) is 0 Å². The zero-order valence-electron chi connectivity index (χ0n) is 12.0. The molecule has 23 heavy (non-hydrogen) atoms. The van der Waals surface area contributed by atoms with Crippen LogP contribution in [0.4, 0.5) is 0 Å². The second kappa shape index (κ2) is 6.62. The van der Waals surface area contributed by atoms with E-state index in [0.717, 1.165) is 0 Å². The Kier molecular flexibility index (Phi) is 4.38. The van der Waals surface area contributed by atoms with E-state index in [-0.39, 0.29) is 12.3 Å². The molecule has 3 N–H and O–H groups in total. The predicted octanol–water partition coefficient (Wildman–Crippen LogP) is 1.44. The zero-order valence-corrected chi connectivity index (χ0v) is 12.8. The Morgan fingerprint density at radius 3 is 2.83 bits per heavy atom. The fourth-order valence-electron chi connectivity index (χ4n) is 2.16. The first kappa shape index (κ1) is 15.2. The number of hydrogen-bond acceptors (Lipinski definition) is 4. The molecule has 1 aromatic heterocycles. The van der Waals surface area contributed by atoms with Gasteiger partial charge in [0, 0.05) is 6.20 Å². The fraction of sp³-hybridized carbons (Fsp3) is 0.200. The van der Waals surface area contributed by atoms with Crippen molar-refractivity contribution < 1.29 is 19.1 Å². The first-order valence-electron chi connectivity index (χ1n) is 6.94. The highest BCUT2D eigenvalue weighted by Crippen LogP contribution is 2.38. The van der Waals surface area contributed by atoms with Gasteiger partial charge in [0.2, 0.25) is 5.91 Å². The van der Waals surface area contributed by atoms with Crippen molar-refractivity contribution in [1.82, 2.24) is 15.8 Å². The molecular formula is C15H14ClN3O4. The number of fused-ring (bicyclic) bond motifs is 1. The molecule has 0 aliphatic carbocycles. The SMILES string of the molecule is O=C(Cc1cc(Cl)c2c(c1)OCCO2)NNC(=O)c1ccc[nH]1. The first-order chi connectivity index (χ1) is 11.1. The van der Waals surface area contributed by atoms with Crippen LogP contribution in [-0.2, 0) is 11.2 Å². The third kappa shape index (κ3) is 3.57. The lowest BCUT2D eigenvalue weighted by molar-refractivity contribution is -0.121. The molecule has 120 valence electrons. The highest BCUT2D eigenvalue weighted by atomic mass is 35.5. The monoisotopic (exact) mass is 335 g/mol. The summed E-state index contributed by atoms with van der Waals surface area (Å²) in [4.78, 5) is 26.3. The molecule has 2 aromatic rings. The molecule has 7 nitrogen and oxygen atoms in total. The fourth-order valence-corrected chi connectivity index (χ4v) is 2.45. The standard InChI is InChI=1S/C15H14ClN3O4/c16-10-6-9(7-12-14(10)23-5-4-22-12)8-13(20)18-19-15(21)11-2-1-3-17-11/h1-3,6-7,17H,4-5,8H2,(H,18,20)(H,19,21). The molecule has 0 atom stereocenters. The van der Waals surface area contributed by atoms with Crippen molar-refractivity contribution in [1.29, 1.82) is 0 Å². The van der Waals surface area contributed by atoms with Crippen LogP contribution in [0.15, 0.2) is 30.5 Å². The van der Waals surface area contributed by atoms with Crippen molar-refractivity contribution in [2.45, 2.75) is 6.42 Å². The van der Waals surface area contributed by atoms with Crippen LogP contribution < -0.4 is 20.3 Å². The second-order valence-electron chi connectivity index (χ2n) is 4.86. The Labute approximate surface area is 136 Å². The lowest BCUT2D eigenvalue weighted by atomic mass is 10.1. The molecule has 0 unspecified atom stereocenters. The van der Waals surface area contributed by atoms with Crippen LogP contribution in [0.1, 0.15) is 16.1 Å². The number of amides is 2. The van der Waals surface area contributed by atoms with Crippen molar-refractivity contribution in [2.24, 2.45) is 0 Å². The minimum Gasteiger partial charge on any atom is -0.486 e. The number of halogens is 1. The topological polar surface area (TPSA) is 92.4 Å². The number of hydrazine groups is 1. The number of carbonyl (C=O) groups is 2. The maximum atomic E-state index is 11.9. The molecule has 1 aliphatic rings. The predicted molar refractivity (Wildman–Crippen MR) is 82.5 cm³/mol. The Morgan fingerprint density at radius 2 is 2.04 bits per heavy atom. The molecule has 0 saturated carbocycles. The third-order valence-corrected chi connectivity index (χ3v) is 3.46. The molecule has 1 aromatic carbocycles. The number of nitrogens with one attached hydrogen (secondary N) is 3. The number of aromatic amines is 1. The van der Waals surface area contributed by atoms with Crippen LogP contribution in [0.3, 0.4) is 0 Å². The van der Waals surface area contributed by atoms with Gasteiger partial charge in [-0.3, -0.25) is 20.4 Å². The lowest BCUT2D eigenvalue weighted by Crippen LogP contribution is -2.42. The van der Waals surface area contributed by atoms with Crippen molar-refractivity contribution >= 4 is 23.4 Å². The number of carbonyl (C=O) groups excluding carboxylic acids is 2. The number of aromatic nitrogens is 1. The van der Waals surface area contributed by atoms with Crippen LogP contribution in [0, 0.1) is 0 Å². The summed E-state index contributed by atoms with van der Waals surface area (Å²) in [6, 6.07) is 6.63. The molecule has 8 heteroatoms. The van der Waals surface area contributed by atoms with Gasteiger partial charge in [-0.25, -0.2) is 0 Å². The molecule has 0 fully saturated rings. The van der Waals surface area contributed by atoms with E-state index in [4.69, 9.17) is 21.1 Å². The van der Waals surface area contributed by atoms with Gasteiger partial charge in [0.1, 0.15) is 18.9 Å². The van der Waals surface area contributed by atoms with Crippen LogP contribution in [0.2, 0.25) is 5.02 Å². The van der Waals surface area contributed by atoms with Crippen molar-refractivity contribution in [2.75, 3.05) is 13.2 Å². The molecule has 0 spiro atoms. The summed E-state index contributed by atoms with van der Waals surface area (Å²) in [5, 5.41) is 0.389. The van der Waals surface area contributed by atoms with E-state index in [1.165, 1.54) is 0 Å². The summed E-state index contributed by atoms with van der Waals surface area (Å²) in [6.07, 6.45) is 1.66. The first-order valence-corrected chi connectivity index (χ1v) is 7.32. The quantitative estimate of drug-likeness (QED) is 0.740. The molecule has 2 amide bonds. The second-order valence-corrected chi connectivity index (χ2v) is 5.27. The Morgan fingerprint density at radius 1 is 1.22 bits per heavy atom. The summed E-state index contributed by atoms with van der Waals surface area (Å²) in [7, 11) is 0. The number of rotatable bonds is 3. The van der Waals surface area contributed by atoms with Gasteiger partial charge in [-0.2, -0.15) is 0 Å². The van der Waals surface area contributed by atoms with Gasteiger partial charge in [0.25, 0.3) is 5.91 Å². The summed E-state index contributed by atoms with van der Waals surface area (Å²) < 4.78 is 10.9. The summed E-state index contributed by atoms with van der Waals surface area (Å²) in [6.45, 7) is 0.877. The minimum atomic E-state index is -0.427. The van der Waals surface area contributed by atoms with Gasteiger partial charge in [-0.15, -0.1) is 0 Å². The Bertz CT molecular complexity index is 731. The molecule has 3 rings (SSSR count). The average Bonchev–Trinajstić information content (AvgIpc) is 3.07. The maximum Gasteiger partial charge on any atom is 0.286 e. The summed E-state index contributed by atoms with van der Waals surface area (Å²) in [5.41, 5.74) is 5.68. The van der Waals surface area contributed by atoms with E-state index in [1.54, 1.807) is 30.5 Å². The van der Waals surface area contributed by atoms with E-state index < -0.39 is 5.91 Å². The van der Waals surface area contributed by atoms with Gasteiger partial charge in [0.05, 0.1) is 11.4 Å². The van der Waals surface area contributed by atoms with Crippen molar-refractivity contribution in [3.8, 4) is 11.5 Å². The Balaban J connectivity index is 1.60. The smallest absolute Gasteiger partial charge is 0.286 e. The number of H-pyrrole nitrogens is 1. The zero-order chi connectivity index (χ0) is 16.2. The van der Waals surface area contributed by atoms with Crippen LogP contribution in [-0.4, -0.2) is 30.0 Å². The molecular weight excluding hydrogens is 322 g/mol. The van der Waals surface area contributed by atoms with Crippen LogP contribution >= 0.6 is 11.6 Å². The van der Waals surface area contributed by atoms with E-state index in [2.05, 4.69) is 15.8 Å². The van der Waals surface area contributed by atoms with E-state index in [0.29, 0.717) is 41.0 Å². The maximum absolute atomic E-state index is 11.9. The number of benzene rings is 1. The molecule has 0 radical (unpaired) electrons. The van der Waals surface area contributed by atoms with E-state index in [9.17, 15) is 9.59 Å². The highest BCUT2D eigenvalue weighted by Gasteiger charge is 2.18. The number of ether oxygens (including phenoxy) is 2. The van der Waals surface area contributed by atoms with Crippen LogP contribution in [0.5, 0.6) is 11.5 Å². The van der Waals surface area contributed by atoms with E-state index >= 15 is 0 Å². The lowest BCUT2D eigenvalue weighted by Gasteiger charge is -2.20. The molecule has 0 bridgehead atoms. The Hall–Kier alpha value is -2.67. The average molecular weight is 336 g/mol. The summed E-state index contributed by atoms with van der Waals surface area (Å²) >= 11 is 6.12. The van der Waals surface area contributed by atoms with Gasteiger partial charge in [0.15, 0.2) is 11.5 Å². The highest BCUT2D eigenvalue weighted by molar-refractivity contribution is 6.32. The van der Waals surface area contributed by atoms with Gasteiger partial charge in [-0.1, -0.05) is 11.6 Å². The molecule has 2 heterocycles. The number of hydrogen-bond donors (Lipinski definition) is 3. The van der Waals surface area contributed by atoms with Gasteiger partial charge < -0.3 is 14.5 Å². The van der Waals surface area contributed by atoms with Crippen molar-refractivity contribution in [3.05, 3.63) is 46.7 Å². The third-order valence-electron chi connectivity index (χ3n) is 3.18. The normalized spacial score (nSPS) is 12.6. The van der Waals surface area contributed by atoms with Gasteiger partial charge in [-0.05, 0) is 29.8 Å². The van der Waals surface area contributed by atoms with Gasteiger partial charge >= 0.3 is 0 Å². The van der Waals surface area contributed by atoms with Crippen molar-refractivity contribution in [3.63, 3.8) is 0 Å². The molecule has 1 aliphatic heterocycles.